The van der Waals surface area contributed by atoms with Gasteiger partial charge in [0.15, 0.2) is 0 Å². The number of aromatic nitrogens is 2. The highest BCUT2D eigenvalue weighted by atomic mass is 15.3. The van der Waals surface area contributed by atoms with Gasteiger partial charge in [-0.25, -0.2) is 9.97 Å². The molecule has 0 saturated carbocycles. The molecule has 0 aliphatic carbocycles. The van der Waals surface area contributed by atoms with Gasteiger partial charge >= 0.3 is 0 Å². The third-order valence-electron chi connectivity index (χ3n) is 3.84. The van der Waals surface area contributed by atoms with Crippen LogP contribution in [-0.4, -0.2) is 47.1 Å². The van der Waals surface area contributed by atoms with E-state index in [1.165, 1.54) is 12.8 Å². The van der Waals surface area contributed by atoms with Gasteiger partial charge in [-0.3, -0.25) is 4.90 Å². The van der Waals surface area contributed by atoms with E-state index in [4.69, 9.17) is 0 Å². The molecule has 0 aromatic carbocycles. The van der Waals surface area contributed by atoms with Gasteiger partial charge in [-0.05, 0) is 25.8 Å². The number of piperazine rings is 1. The maximum atomic E-state index is 4.50. The van der Waals surface area contributed by atoms with Gasteiger partial charge in [0.25, 0.3) is 0 Å². The molecule has 1 aromatic rings. The van der Waals surface area contributed by atoms with Gasteiger partial charge in [0.2, 0.25) is 5.95 Å². The number of nitrogens with zero attached hydrogens (tertiary/aromatic N) is 4. The molecule has 1 fully saturated rings. The lowest BCUT2D eigenvalue weighted by molar-refractivity contribution is 0.175. The molecule has 1 aliphatic rings. The van der Waals surface area contributed by atoms with Gasteiger partial charge in [0.1, 0.15) is 0 Å². The van der Waals surface area contributed by atoms with Crippen molar-refractivity contribution in [1.82, 2.24) is 14.9 Å². The van der Waals surface area contributed by atoms with Crippen molar-refractivity contribution in [3.63, 3.8) is 0 Å². The van der Waals surface area contributed by atoms with Gasteiger partial charge in [-0.15, -0.1) is 0 Å². The molecule has 22 heavy (non-hydrogen) atoms. The molecule has 4 heteroatoms. The molecule has 1 saturated heterocycles. The summed E-state index contributed by atoms with van der Waals surface area (Å²) in [6.45, 7) is 18.9. The highest BCUT2D eigenvalue weighted by Crippen LogP contribution is 2.15. The summed E-state index contributed by atoms with van der Waals surface area (Å²) in [5.74, 6) is 0.888. The van der Waals surface area contributed by atoms with E-state index in [0.717, 1.165) is 43.9 Å². The Morgan fingerprint density at radius 1 is 1.00 bits per heavy atom. The first-order valence-corrected chi connectivity index (χ1v) is 9.03. The first kappa shape index (κ1) is 20.8. The maximum absolute atomic E-state index is 4.50. The SMILES string of the molecule is CC.CC.CCC(CC)N1CCN(c2nccc(C)n2)CC1. The van der Waals surface area contributed by atoms with Crippen molar-refractivity contribution in [1.29, 1.82) is 0 Å². The van der Waals surface area contributed by atoms with E-state index in [1.54, 1.807) is 0 Å². The van der Waals surface area contributed by atoms with Gasteiger partial charge in [0.05, 0.1) is 0 Å². The molecule has 2 heterocycles. The molecule has 0 amide bonds. The molecule has 2 rings (SSSR count). The van der Waals surface area contributed by atoms with Crippen LogP contribution in [0.5, 0.6) is 0 Å². The van der Waals surface area contributed by atoms with Gasteiger partial charge < -0.3 is 4.90 Å². The normalized spacial score (nSPS) is 14.8. The van der Waals surface area contributed by atoms with Crippen LogP contribution in [0.25, 0.3) is 0 Å². The second-order valence-electron chi connectivity index (χ2n) is 4.99. The molecule has 0 radical (unpaired) electrons. The van der Waals surface area contributed by atoms with Gasteiger partial charge in [-0.2, -0.15) is 0 Å². The standard InChI is InChI=1S/C14H24N4.2C2H6/c1-4-13(5-2)17-8-10-18(11-9-17)14-15-7-6-12(3)16-14;2*1-2/h6-7,13H,4-5,8-11H2,1-3H3;2*1-2H3. The third kappa shape index (κ3) is 6.30. The zero-order chi connectivity index (χ0) is 17.0. The molecule has 0 N–H and O–H groups in total. The van der Waals surface area contributed by atoms with Crippen LogP contribution >= 0.6 is 0 Å². The van der Waals surface area contributed by atoms with Crippen molar-refractivity contribution in [2.24, 2.45) is 0 Å². The summed E-state index contributed by atoms with van der Waals surface area (Å²) in [7, 11) is 0. The number of anilines is 1. The van der Waals surface area contributed by atoms with Crippen molar-refractivity contribution < 1.29 is 0 Å². The number of aryl methyl sites for hydroxylation is 1. The zero-order valence-electron chi connectivity index (χ0n) is 15.8. The van der Waals surface area contributed by atoms with Crippen molar-refractivity contribution in [2.75, 3.05) is 31.1 Å². The summed E-state index contributed by atoms with van der Waals surface area (Å²) in [4.78, 5) is 13.8. The van der Waals surface area contributed by atoms with E-state index in [-0.39, 0.29) is 0 Å². The largest absolute Gasteiger partial charge is 0.338 e. The van der Waals surface area contributed by atoms with E-state index in [0.29, 0.717) is 0 Å². The van der Waals surface area contributed by atoms with Crippen LogP contribution in [0.1, 0.15) is 60.1 Å². The lowest BCUT2D eigenvalue weighted by Gasteiger charge is -2.38. The molecule has 0 unspecified atom stereocenters. The minimum absolute atomic E-state index is 0.741. The highest BCUT2D eigenvalue weighted by Gasteiger charge is 2.22. The molecule has 0 atom stereocenters. The lowest BCUT2D eigenvalue weighted by atomic mass is 10.1. The van der Waals surface area contributed by atoms with Gasteiger partial charge in [0, 0.05) is 44.1 Å². The summed E-state index contributed by atoms with van der Waals surface area (Å²) in [5.41, 5.74) is 1.04. The fraction of sp³-hybridized carbons (Fsp3) is 0.778. The topological polar surface area (TPSA) is 32.3 Å². The van der Waals surface area contributed by atoms with Crippen LogP contribution in [0, 0.1) is 6.92 Å². The fourth-order valence-corrected chi connectivity index (χ4v) is 2.68. The Hall–Kier alpha value is -1.16. The monoisotopic (exact) mass is 308 g/mol. The van der Waals surface area contributed by atoms with Crippen LogP contribution < -0.4 is 4.90 Å². The van der Waals surface area contributed by atoms with Crippen molar-refractivity contribution >= 4 is 5.95 Å². The molecule has 0 spiro atoms. The van der Waals surface area contributed by atoms with Crippen LogP contribution in [0.4, 0.5) is 5.95 Å². The summed E-state index contributed by atoms with van der Waals surface area (Å²) in [6, 6.07) is 2.69. The predicted molar refractivity (Wildman–Crippen MR) is 97.6 cm³/mol. The summed E-state index contributed by atoms with van der Waals surface area (Å²) < 4.78 is 0. The van der Waals surface area contributed by atoms with E-state index >= 15 is 0 Å². The summed E-state index contributed by atoms with van der Waals surface area (Å²) in [6.07, 6.45) is 4.35. The number of hydrogen-bond acceptors (Lipinski definition) is 4. The smallest absolute Gasteiger partial charge is 0.225 e. The zero-order valence-corrected chi connectivity index (χ0v) is 15.8. The maximum Gasteiger partial charge on any atom is 0.225 e. The first-order valence-electron chi connectivity index (χ1n) is 9.03. The average molecular weight is 309 g/mol. The van der Waals surface area contributed by atoms with Crippen molar-refractivity contribution in [3.05, 3.63) is 18.0 Å². The minimum atomic E-state index is 0.741. The number of rotatable bonds is 4. The minimum Gasteiger partial charge on any atom is -0.338 e. The van der Waals surface area contributed by atoms with Crippen LogP contribution in [0.2, 0.25) is 0 Å². The van der Waals surface area contributed by atoms with E-state index in [2.05, 4.69) is 33.6 Å². The third-order valence-corrected chi connectivity index (χ3v) is 3.84. The van der Waals surface area contributed by atoms with E-state index in [1.807, 2.05) is 46.9 Å². The molecule has 1 aliphatic heterocycles. The lowest BCUT2D eigenvalue weighted by Crippen LogP contribution is -2.50. The quantitative estimate of drug-likeness (QED) is 0.836. The molecule has 4 nitrogen and oxygen atoms in total. The second kappa shape index (κ2) is 12.4. The molecule has 128 valence electrons. The van der Waals surface area contributed by atoms with Crippen LogP contribution in [0.15, 0.2) is 12.3 Å². The Morgan fingerprint density at radius 3 is 2.00 bits per heavy atom. The Balaban J connectivity index is 0.00000102. The van der Waals surface area contributed by atoms with E-state index < -0.39 is 0 Å². The molecule has 1 aromatic heterocycles. The Kier molecular flexibility index (Phi) is 11.7. The van der Waals surface area contributed by atoms with Crippen LogP contribution in [0.3, 0.4) is 0 Å². The Labute approximate surface area is 138 Å². The fourth-order valence-electron chi connectivity index (χ4n) is 2.68. The Bertz CT molecular complexity index is 369. The summed E-state index contributed by atoms with van der Waals surface area (Å²) >= 11 is 0. The Morgan fingerprint density at radius 2 is 1.55 bits per heavy atom. The highest BCUT2D eigenvalue weighted by molar-refractivity contribution is 5.30. The first-order chi connectivity index (χ1) is 10.7. The molecular formula is C18H36N4. The van der Waals surface area contributed by atoms with E-state index in [9.17, 15) is 0 Å². The summed E-state index contributed by atoms with van der Waals surface area (Å²) in [5, 5.41) is 0. The number of hydrogen-bond donors (Lipinski definition) is 0. The molecular weight excluding hydrogens is 272 g/mol. The second-order valence-corrected chi connectivity index (χ2v) is 4.99. The predicted octanol–water partition coefficient (Wildman–Crippen LogP) is 4.15. The molecule has 0 bridgehead atoms. The van der Waals surface area contributed by atoms with Crippen molar-refractivity contribution in [3.8, 4) is 0 Å². The van der Waals surface area contributed by atoms with Crippen LogP contribution in [-0.2, 0) is 0 Å². The van der Waals surface area contributed by atoms with Gasteiger partial charge in [-0.1, -0.05) is 41.5 Å². The van der Waals surface area contributed by atoms with Crippen molar-refractivity contribution in [2.45, 2.75) is 67.3 Å². The average Bonchev–Trinajstić information content (AvgIpc) is 2.60.